The van der Waals surface area contributed by atoms with Crippen molar-refractivity contribution < 1.29 is 9.59 Å². The number of carbonyl (C=O) groups is 2. The van der Waals surface area contributed by atoms with Gasteiger partial charge in [0.15, 0.2) is 5.78 Å². The Kier molecular flexibility index (Phi) is 6.36. The standard InChI is InChI=1S/C23H23N3O2.C2H6/c1-13(2)15-4-6-16(7-5-15)23-25-21-19-10-17(11-24)22(28)14(3)18(19)8-9-20(21)26(23)12-27;1-2/h4-7,10,12-14,18-19H,8-9H2,1-3H3;1-2H3. The summed E-state index contributed by atoms with van der Waals surface area (Å²) in [5.41, 5.74) is 4.07. The van der Waals surface area contributed by atoms with Gasteiger partial charge in [-0.15, -0.1) is 0 Å². The number of carbonyl (C=O) groups excluding carboxylic acids is 2. The van der Waals surface area contributed by atoms with Gasteiger partial charge in [-0.3, -0.25) is 14.2 Å². The summed E-state index contributed by atoms with van der Waals surface area (Å²) in [5, 5.41) is 9.35. The predicted octanol–water partition coefficient (Wildman–Crippen LogP) is 5.05. The second kappa shape index (κ2) is 8.79. The van der Waals surface area contributed by atoms with Gasteiger partial charge in [0.05, 0.1) is 11.3 Å². The van der Waals surface area contributed by atoms with Crippen molar-refractivity contribution >= 4 is 12.2 Å². The van der Waals surface area contributed by atoms with Gasteiger partial charge in [-0.2, -0.15) is 5.26 Å². The first-order chi connectivity index (χ1) is 14.5. The maximum Gasteiger partial charge on any atom is 0.219 e. The summed E-state index contributed by atoms with van der Waals surface area (Å²) in [7, 11) is 0. The van der Waals surface area contributed by atoms with Crippen LogP contribution in [-0.2, 0) is 16.0 Å². The number of nitrogens with zero attached hydrogens (tertiary/aromatic N) is 3. The predicted molar refractivity (Wildman–Crippen MR) is 118 cm³/mol. The van der Waals surface area contributed by atoms with E-state index in [4.69, 9.17) is 4.98 Å². The molecule has 30 heavy (non-hydrogen) atoms. The zero-order chi connectivity index (χ0) is 22.0. The van der Waals surface area contributed by atoms with E-state index in [0.29, 0.717) is 18.2 Å². The summed E-state index contributed by atoms with van der Waals surface area (Å²) in [6, 6.07) is 10.2. The summed E-state index contributed by atoms with van der Waals surface area (Å²) in [6.07, 6.45) is 4.10. The lowest BCUT2D eigenvalue weighted by atomic mass is 9.67. The topological polar surface area (TPSA) is 75.8 Å². The van der Waals surface area contributed by atoms with Crippen LogP contribution in [0.2, 0.25) is 0 Å². The number of hydrogen-bond donors (Lipinski definition) is 0. The first-order valence-electron chi connectivity index (χ1n) is 10.8. The molecule has 4 rings (SSSR count). The van der Waals surface area contributed by atoms with Crippen molar-refractivity contribution in [2.75, 3.05) is 0 Å². The van der Waals surface area contributed by atoms with Gasteiger partial charge in [-0.05, 0) is 30.2 Å². The third kappa shape index (κ3) is 3.52. The van der Waals surface area contributed by atoms with Crippen molar-refractivity contribution in [2.24, 2.45) is 11.8 Å². The molecule has 0 spiro atoms. The minimum absolute atomic E-state index is 0.0773. The summed E-state index contributed by atoms with van der Waals surface area (Å²) in [4.78, 5) is 29.1. The smallest absolute Gasteiger partial charge is 0.219 e. The van der Waals surface area contributed by atoms with Crippen LogP contribution in [0.5, 0.6) is 0 Å². The molecule has 0 saturated heterocycles. The fraction of sp³-hybridized carbons (Fsp3) is 0.440. The second-order valence-electron chi connectivity index (χ2n) is 8.09. The van der Waals surface area contributed by atoms with Crippen LogP contribution in [0, 0.1) is 23.2 Å². The number of Topliss-reactive ketones (excluding diaryl/α,β-unsaturated/α-hetero) is 1. The Morgan fingerprint density at radius 1 is 1.23 bits per heavy atom. The Labute approximate surface area is 178 Å². The Morgan fingerprint density at radius 3 is 2.47 bits per heavy atom. The Balaban J connectivity index is 0.00000124. The molecule has 1 heterocycles. The lowest BCUT2D eigenvalue weighted by Gasteiger charge is -2.36. The van der Waals surface area contributed by atoms with Gasteiger partial charge in [0.25, 0.3) is 0 Å². The molecule has 1 aromatic heterocycles. The minimum Gasteiger partial charge on any atom is -0.293 e. The van der Waals surface area contributed by atoms with Crippen LogP contribution >= 0.6 is 0 Å². The molecule has 3 unspecified atom stereocenters. The molecule has 156 valence electrons. The van der Waals surface area contributed by atoms with E-state index >= 15 is 0 Å². The Morgan fingerprint density at radius 2 is 1.90 bits per heavy atom. The van der Waals surface area contributed by atoms with Gasteiger partial charge in [-0.1, -0.05) is 65.0 Å². The quantitative estimate of drug-likeness (QED) is 0.672. The van der Waals surface area contributed by atoms with Crippen molar-refractivity contribution in [1.29, 1.82) is 5.26 Å². The van der Waals surface area contributed by atoms with Crippen LogP contribution in [0.4, 0.5) is 0 Å². The van der Waals surface area contributed by atoms with Crippen LogP contribution in [0.1, 0.15) is 69.8 Å². The molecule has 5 nitrogen and oxygen atoms in total. The van der Waals surface area contributed by atoms with Crippen LogP contribution < -0.4 is 0 Å². The molecule has 2 aromatic rings. The highest BCUT2D eigenvalue weighted by atomic mass is 16.1. The molecule has 3 atom stereocenters. The molecule has 2 aliphatic carbocycles. The second-order valence-corrected chi connectivity index (χ2v) is 8.09. The zero-order valence-electron chi connectivity index (χ0n) is 18.3. The van der Waals surface area contributed by atoms with Crippen LogP contribution in [0.3, 0.4) is 0 Å². The van der Waals surface area contributed by atoms with Gasteiger partial charge in [0, 0.05) is 23.1 Å². The highest BCUT2D eigenvalue weighted by Gasteiger charge is 2.42. The van der Waals surface area contributed by atoms with Gasteiger partial charge in [0.2, 0.25) is 6.41 Å². The first-order valence-corrected chi connectivity index (χ1v) is 10.8. The van der Waals surface area contributed by atoms with E-state index in [9.17, 15) is 14.9 Å². The normalized spacial score (nSPS) is 22.2. The van der Waals surface area contributed by atoms with Crippen molar-refractivity contribution in [3.05, 3.63) is 52.9 Å². The number of allylic oxidation sites excluding steroid dienone is 2. The minimum atomic E-state index is -0.201. The van der Waals surface area contributed by atoms with E-state index in [1.807, 2.05) is 39.0 Å². The van der Waals surface area contributed by atoms with Crippen molar-refractivity contribution in [3.8, 4) is 17.5 Å². The molecule has 0 bridgehead atoms. The molecule has 0 saturated carbocycles. The number of benzene rings is 1. The van der Waals surface area contributed by atoms with E-state index in [1.54, 1.807) is 10.6 Å². The molecular weight excluding hydrogens is 374 g/mol. The fourth-order valence-corrected chi connectivity index (χ4v) is 4.58. The molecule has 0 aliphatic heterocycles. The number of rotatable bonds is 3. The lowest BCUT2D eigenvalue weighted by Crippen LogP contribution is -2.34. The van der Waals surface area contributed by atoms with Gasteiger partial charge in [-0.25, -0.2) is 4.98 Å². The molecule has 5 heteroatoms. The van der Waals surface area contributed by atoms with Gasteiger partial charge < -0.3 is 0 Å². The Hall–Kier alpha value is -3.00. The molecular formula is C25H29N3O2. The van der Waals surface area contributed by atoms with E-state index in [1.165, 1.54) is 5.56 Å². The number of ketones is 1. The molecule has 2 aliphatic rings. The molecule has 0 fully saturated rings. The number of aromatic nitrogens is 2. The van der Waals surface area contributed by atoms with Crippen molar-refractivity contribution in [1.82, 2.24) is 9.55 Å². The van der Waals surface area contributed by atoms with E-state index in [0.717, 1.165) is 29.8 Å². The number of hydrogen-bond acceptors (Lipinski definition) is 4. The third-order valence-corrected chi connectivity index (χ3v) is 6.26. The van der Waals surface area contributed by atoms with Crippen molar-refractivity contribution in [3.63, 3.8) is 0 Å². The fourth-order valence-electron chi connectivity index (χ4n) is 4.58. The molecule has 0 N–H and O–H groups in total. The highest BCUT2D eigenvalue weighted by Crippen LogP contribution is 2.45. The monoisotopic (exact) mass is 403 g/mol. The number of nitriles is 1. The van der Waals surface area contributed by atoms with Gasteiger partial charge in [0.1, 0.15) is 11.9 Å². The number of imidazole rings is 1. The van der Waals surface area contributed by atoms with E-state index in [2.05, 4.69) is 26.0 Å². The van der Waals surface area contributed by atoms with Crippen molar-refractivity contribution in [2.45, 2.75) is 59.3 Å². The molecule has 1 aromatic carbocycles. The summed E-state index contributed by atoms with van der Waals surface area (Å²) in [5.74, 6) is 0.820. The van der Waals surface area contributed by atoms with E-state index < -0.39 is 0 Å². The SMILES string of the molecule is CC.CC(C)c1ccc(-c2nc3c(n2C=O)CCC2C(C)C(=O)C(C#N)=CC32)cc1. The van der Waals surface area contributed by atoms with E-state index in [-0.39, 0.29) is 29.1 Å². The molecule has 0 radical (unpaired) electrons. The summed E-state index contributed by atoms with van der Waals surface area (Å²) >= 11 is 0. The average molecular weight is 404 g/mol. The van der Waals surface area contributed by atoms with Gasteiger partial charge >= 0.3 is 0 Å². The largest absolute Gasteiger partial charge is 0.293 e. The van der Waals surface area contributed by atoms with Crippen LogP contribution in [-0.4, -0.2) is 21.7 Å². The zero-order valence-corrected chi connectivity index (χ0v) is 18.3. The van der Waals surface area contributed by atoms with Crippen LogP contribution in [0.25, 0.3) is 11.4 Å². The molecule has 0 amide bonds. The third-order valence-electron chi connectivity index (χ3n) is 6.26. The summed E-state index contributed by atoms with van der Waals surface area (Å²) < 4.78 is 1.64. The maximum absolute atomic E-state index is 12.4. The number of fused-ring (bicyclic) bond motifs is 3. The summed E-state index contributed by atoms with van der Waals surface area (Å²) in [6.45, 7) is 10.2. The average Bonchev–Trinajstić information content (AvgIpc) is 3.16. The first kappa shape index (κ1) is 21.7. The Bertz CT molecular complexity index is 1020. The van der Waals surface area contributed by atoms with Crippen LogP contribution in [0.15, 0.2) is 35.9 Å². The highest BCUT2D eigenvalue weighted by molar-refractivity contribution is 6.01. The maximum atomic E-state index is 12.4. The lowest BCUT2D eigenvalue weighted by molar-refractivity contribution is -0.120.